The zero-order chi connectivity index (χ0) is 21.7. The number of likely N-dealkylation sites (tertiary alicyclic amines) is 2. The van der Waals surface area contributed by atoms with E-state index in [0.717, 1.165) is 32.1 Å². The molecule has 0 spiro atoms. The monoisotopic (exact) mass is 441 g/mol. The van der Waals surface area contributed by atoms with Gasteiger partial charge in [-0.05, 0) is 25.7 Å². The van der Waals surface area contributed by atoms with Crippen molar-refractivity contribution in [1.29, 1.82) is 0 Å². The van der Waals surface area contributed by atoms with Gasteiger partial charge in [0.25, 0.3) is 0 Å². The zero-order valence-electron chi connectivity index (χ0n) is 18.0. The van der Waals surface area contributed by atoms with Crippen molar-refractivity contribution in [3.8, 4) is 0 Å². The fourth-order valence-corrected chi connectivity index (χ4v) is 6.56. The van der Waals surface area contributed by atoms with Gasteiger partial charge in [-0.2, -0.15) is 0 Å². The predicted octanol–water partition coefficient (Wildman–Crippen LogP) is 0.957. The van der Waals surface area contributed by atoms with Crippen LogP contribution in [0.4, 0.5) is 0 Å². The van der Waals surface area contributed by atoms with E-state index in [0.29, 0.717) is 32.6 Å². The minimum Gasteiger partial charge on any atom is -0.356 e. The summed E-state index contributed by atoms with van der Waals surface area (Å²) in [5, 5.41) is 3.00. The molecule has 8 nitrogen and oxygen atoms in total. The molecule has 3 amide bonds. The number of carbonyl (C=O) groups is 3. The van der Waals surface area contributed by atoms with E-state index in [1.54, 1.807) is 9.80 Å². The number of hydrogen-bond donors (Lipinski definition) is 1. The zero-order valence-corrected chi connectivity index (χ0v) is 18.8. The van der Waals surface area contributed by atoms with E-state index >= 15 is 0 Å². The summed E-state index contributed by atoms with van der Waals surface area (Å²) in [7, 11) is -3.08. The molecular weight excluding hydrogens is 406 g/mol. The minimum absolute atomic E-state index is 0.00384. The van der Waals surface area contributed by atoms with Crippen LogP contribution in [-0.4, -0.2) is 79.7 Å². The maximum atomic E-state index is 13.0. The molecule has 3 atom stereocenters. The van der Waals surface area contributed by atoms with Gasteiger partial charge in [0, 0.05) is 38.6 Å². The number of carbonyl (C=O) groups excluding carboxylic acids is 3. The lowest BCUT2D eigenvalue weighted by atomic mass is 9.95. The molecule has 3 saturated heterocycles. The number of unbranched alkanes of at least 4 members (excludes halogenated alkanes) is 3. The van der Waals surface area contributed by atoms with Gasteiger partial charge >= 0.3 is 0 Å². The number of rotatable bonds is 8. The molecule has 9 heteroatoms. The van der Waals surface area contributed by atoms with Crippen molar-refractivity contribution in [2.75, 3.05) is 37.7 Å². The lowest BCUT2D eigenvalue weighted by molar-refractivity contribution is -0.139. The van der Waals surface area contributed by atoms with Crippen molar-refractivity contribution in [2.45, 2.75) is 64.3 Å². The van der Waals surface area contributed by atoms with Gasteiger partial charge in [0.2, 0.25) is 17.7 Å². The highest BCUT2D eigenvalue weighted by atomic mass is 32.2. The van der Waals surface area contributed by atoms with Crippen LogP contribution in [0.15, 0.2) is 0 Å². The van der Waals surface area contributed by atoms with Gasteiger partial charge in [-0.3, -0.25) is 14.4 Å². The fraction of sp³-hybridized carbons (Fsp3) is 0.857. The Kier molecular flexibility index (Phi) is 7.76. The molecule has 3 fully saturated rings. The number of sulfone groups is 1. The SMILES string of the molecule is CCCCCCNC(=O)[C@@H]1CCCN(C(=O)[C@@H]2CC(=O)N([C@@H]3CCS(=O)(=O)C3)C2)C1. The average molecular weight is 442 g/mol. The van der Waals surface area contributed by atoms with Crippen LogP contribution in [0.25, 0.3) is 0 Å². The molecule has 3 aliphatic heterocycles. The molecule has 0 aromatic carbocycles. The first-order valence-electron chi connectivity index (χ1n) is 11.4. The maximum absolute atomic E-state index is 13.0. The molecule has 1 N–H and O–H groups in total. The third-order valence-corrected chi connectivity index (χ3v) is 8.34. The van der Waals surface area contributed by atoms with Crippen molar-refractivity contribution in [3.63, 3.8) is 0 Å². The standard InChI is InChI=1S/C21H35N3O5S/c1-2-3-4-5-9-22-20(26)16-7-6-10-23(13-16)21(27)17-12-19(25)24(14-17)18-8-11-30(28,29)15-18/h16-18H,2-15H2,1H3,(H,22,26)/t16-,17-,18-/m1/s1. The van der Waals surface area contributed by atoms with E-state index in [1.807, 2.05) is 0 Å². The summed E-state index contributed by atoms with van der Waals surface area (Å²) in [6.07, 6.45) is 6.58. The lowest BCUT2D eigenvalue weighted by Crippen LogP contribution is -2.48. The predicted molar refractivity (Wildman–Crippen MR) is 113 cm³/mol. The summed E-state index contributed by atoms with van der Waals surface area (Å²) in [6, 6.07) is -0.298. The van der Waals surface area contributed by atoms with Gasteiger partial charge < -0.3 is 15.1 Å². The van der Waals surface area contributed by atoms with Crippen molar-refractivity contribution in [3.05, 3.63) is 0 Å². The van der Waals surface area contributed by atoms with Crippen molar-refractivity contribution < 1.29 is 22.8 Å². The fourth-order valence-electron chi connectivity index (χ4n) is 4.83. The van der Waals surface area contributed by atoms with Gasteiger partial charge in [0.1, 0.15) is 0 Å². The number of amides is 3. The van der Waals surface area contributed by atoms with E-state index in [4.69, 9.17) is 0 Å². The topological polar surface area (TPSA) is 104 Å². The highest BCUT2D eigenvalue weighted by Crippen LogP contribution is 2.28. The Morgan fingerprint density at radius 3 is 2.60 bits per heavy atom. The molecule has 0 unspecified atom stereocenters. The maximum Gasteiger partial charge on any atom is 0.228 e. The van der Waals surface area contributed by atoms with E-state index in [-0.39, 0.29) is 47.6 Å². The van der Waals surface area contributed by atoms with Crippen LogP contribution in [0.3, 0.4) is 0 Å². The van der Waals surface area contributed by atoms with Crippen molar-refractivity contribution in [1.82, 2.24) is 15.1 Å². The molecule has 30 heavy (non-hydrogen) atoms. The Morgan fingerprint density at radius 2 is 1.90 bits per heavy atom. The Bertz CT molecular complexity index is 754. The number of nitrogens with zero attached hydrogens (tertiary/aromatic N) is 2. The third-order valence-electron chi connectivity index (χ3n) is 6.59. The van der Waals surface area contributed by atoms with E-state index in [9.17, 15) is 22.8 Å². The van der Waals surface area contributed by atoms with Crippen LogP contribution in [0.2, 0.25) is 0 Å². The summed E-state index contributed by atoms with van der Waals surface area (Å²) in [5.41, 5.74) is 0. The largest absolute Gasteiger partial charge is 0.356 e. The van der Waals surface area contributed by atoms with Crippen molar-refractivity contribution in [2.24, 2.45) is 11.8 Å². The lowest BCUT2D eigenvalue weighted by Gasteiger charge is -2.33. The van der Waals surface area contributed by atoms with Crippen LogP contribution in [-0.2, 0) is 24.2 Å². The van der Waals surface area contributed by atoms with Crippen LogP contribution >= 0.6 is 0 Å². The van der Waals surface area contributed by atoms with E-state index < -0.39 is 15.8 Å². The van der Waals surface area contributed by atoms with Gasteiger partial charge in [-0.15, -0.1) is 0 Å². The minimum atomic E-state index is -3.08. The summed E-state index contributed by atoms with van der Waals surface area (Å²) in [5.74, 6) is -0.699. The number of hydrogen-bond acceptors (Lipinski definition) is 5. The average Bonchev–Trinajstić information content (AvgIpc) is 3.28. The molecule has 0 radical (unpaired) electrons. The molecule has 0 aromatic heterocycles. The molecule has 0 saturated carbocycles. The Hall–Kier alpha value is -1.64. The highest BCUT2D eigenvalue weighted by molar-refractivity contribution is 7.91. The number of piperidine rings is 1. The first kappa shape index (κ1) is 23.0. The molecule has 3 rings (SSSR count). The van der Waals surface area contributed by atoms with E-state index in [1.165, 1.54) is 6.42 Å². The van der Waals surface area contributed by atoms with Gasteiger partial charge in [-0.25, -0.2) is 8.42 Å². The third kappa shape index (κ3) is 5.74. The van der Waals surface area contributed by atoms with Crippen LogP contribution in [0.5, 0.6) is 0 Å². The summed E-state index contributed by atoms with van der Waals surface area (Å²) in [4.78, 5) is 41.3. The second kappa shape index (κ2) is 10.1. The van der Waals surface area contributed by atoms with Crippen LogP contribution < -0.4 is 5.32 Å². The van der Waals surface area contributed by atoms with Crippen LogP contribution in [0.1, 0.15) is 58.3 Å². The smallest absolute Gasteiger partial charge is 0.228 e. The quantitative estimate of drug-likeness (QED) is 0.565. The molecular formula is C21H35N3O5S. The van der Waals surface area contributed by atoms with Gasteiger partial charge in [-0.1, -0.05) is 26.2 Å². The summed E-state index contributed by atoms with van der Waals surface area (Å²) >= 11 is 0. The Balaban J connectivity index is 1.49. The molecule has 0 bridgehead atoms. The van der Waals surface area contributed by atoms with E-state index in [2.05, 4.69) is 12.2 Å². The van der Waals surface area contributed by atoms with Crippen molar-refractivity contribution >= 4 is 27.6 Å². The molecule has 0 aromatic rings. The van der Waals surface area contributed by atoms with Crippen LogP contribution in [0, 0.1) is 11.8 Å². The van der Waals surface area contributed by atoms with Gasteiger partial charge in [0.05, 0.1) is 23.3 Å². The molecule has 3 aliphatic rings. The Morgan fingerprint density at radius 1 is 1.10 bits per heavy atom. The first-order chi connectivity index (χ1) is 14.3. The molecule has 170 valence electrons. The van der Waals surface area contributed by atoms with Gasteiger partial charge in [0.15, 0.2) is 9.84 Å². The Labute approximate surface area is 179 Å². The summed E-state index contributed by atoms with van der Waals surface area (Å²) in [6.45, 7) is 4.14. The second-order valence-electron chi connectivity index (χ2n) is 8.98. The molecule has 3 heterocycles. The molecule has 0 aliphatic carbocycles. The number of nitrogens with one attached hydrogen (secondary N) is 1. The summed E-state index contributed by atoms with van der Waals surface area (Å²) < 4.78 is 23.5. The highest BCUT2D eigenvalue weighted by Gasteiger charge is 2.43. The first-order valence-corrected chi connectivity index (χ1v) is 13.2. The second-order valence-corrected chi connectivity index (χ2v) is 11.2. The normalized spacial score (nSPS) is 28.7.